The lowest BCUT2D eigenvalue weighted by Crippen LogP contribution is -2.28. The van der Waals surface area contributed by atoms with E-state index in [4.69, 9.17) is 4.74 Å². The molecule has 4 rings (SSSR count). The number of rotatable bonds is 8. The fourth-order valence-corrected chi connectivity index (χ4v) is 5.92. The molecule has 0 radical (unpaired) electrons. The van der Waals surface area contributed by atoms with Crippen LogP contribution in [0, 0.1) is 24.2 Å². The van der Waals surface area contributed by atoms with Crippen LogP contribution in [0.4, 0.5) is 9.80 Å². The summed E-state index contributed by atoms with van der Waals surface area (Å²) in [5.74, 6) is 0.163. The van der Waals surface area contributed by atoms with Crippen LogP contribution in [0.2, 0.25) is 0 Å². The van der Waals surface area contributed by atoms with E-state index in [0.29, 0.717) is 30.1 Å². The van der Waals surface area contributed by atoms with Crippen LogP contribution < -0.4 is 10.6 Å². The number of alkyl carbamates (subject to hydrolysis) is 1. The quantitative estimate of drug-likeness (QED) is 0.456. The lowest BCUT2D eigenvalue weighted by atomic mass is 9.88. The van der Waals surface area contributed by atoms with E-state index in [1.807, 2.05) is 57.3 Å². The molecule has 0 saturated heterocycles. The van der Waals surface area contributed by atoms with Crippen molar-refractivity contribution in [2.45, 2.75) is 52.0 Å². The summed E-state index contributed by atoms with van der Waals surface area (Å²) < 4.78 is 7.21. The van der Waals surface area contributed by atoms with Crippen molar-refractivity contribution in [1.82, 2.24) is 15.1 Å². The highest BCUT2D eigenvalue weighted by atomic mass is 32.1. The molecular weight excluding hydrogens is 474 g/mol. The fraction of sp³-hybridized carbons (Fsp3) is 0.407. The normalized spacial score (nSPS) is 15.4. The first-order valence-corrected chi connectivity index (χ1v) is 12.9. The number of benzene rings is 1. The summed E-state index contributed by atoms with van der Waals surface area (Å²) in [6, 6.07) is 14.1. The van der Waals surface area contributed by atoms with E-state index in [9.17, 15) is 14.9 Å². The Labute approximate surface area is 215 Å². The molecule has 36 heavy (non-hydrogen) atoms. The number of hydrogen-bond donors (Lipinski definition) is 2. The molecule has 0 saturated carbocycles. The molecule has 2 heterocycles. The Kier molecular flexibility index (Phi) is 8.06. The van der Waals surface area contributed by atoms with Gasteiger partial charge in [-0.15, -0.1) is 11.3 Å². The number of aromatic nitrogens is 2. The molecule has 0 fully saturated rings. The number of nitrogens with zero attached hydrogens (tertiary/aromatic N) is 3. The number of hydrogen-bond acceptors (Lipinski definition) is 6. The van der Waals surface area contributed by atoms with Gasteiger partial charge in [-0.05, 0) is 55.2 Å². The van der Waals surface area contributed by atoms with Crippen molar-refractivity contribution in [3.8, 4) is 6.07 Å². The van der Waals surface area contributed by atoms with Crippen molar-refractivity contribution in [2.24, 2.45) is 13.0 Å². The van der Waals surface area contributed by atoms with Gasteiger partial charge in [-0.2, -0.15) is 10.4 Å². The number of ether oxygens (including phenoxy) is 1. The number of thiophene rings is 1. The molecular formula is C27H31N5O3S. The summed E-state index contributed by atoms with van der Waals surface area (Å²) in [5, 5.41) is 20.4. The van der Waals surface area contributed by atoms with Gasteiger partial charge in [-0.1, -0.05) is 37.3 Å². The minimum Gasteiger partial charge on any atom is -0.449 e. The molecule has 1 aromatic carbocycles. The minimum absolute atomic E-state index is 0.0842. The maximum atomic E-state index is 12.7. The fourth-order valence-electron chi connectivity index (χ4n) is 4.59. The summed E-state index contributed by atoms with van der Waals surface area (Å²) in [4.78, 5) is 26.0. The molecule has 3 aromatic rings. The van der Waals surface area contributed by atoms with Crippen LogP contribution in [-0.4, -0.2) is 28.4 Å². The molecule has 9 heteroatoms. The third-order valence-electron chi connectivity index (χ3n) is 6.56. The zero-order valence-electron chi connectivity index (χ0n) is 20.8. The van der Waals surface area contributed by atoms with Gasteiger partial charge in [0.2, 0.25) is 5.91 Å². The number of nitrogens with one attached hydrogen (secondary N) is 2. The zero-order chi connectivity index (χ0) is 25.7. The van der Waals surface area contributed by atoms with E-state index in [0.717, 1.165) is 46.7 Å². The Morgan fingerprint density at radius 2 is 2.11 bits per heavy atom. The molecule has 0 aliphatic heterocycles. The van der Waals surface area contributed by atoms with Crippen LogP contribution in [0.3, 0.4) is 0 Å². The number of carbonyl (C=O) groups excluding carboxylic acids is 2. The van der Waals surface area contributed by atoms with Gasteiger partial charge in [0.05, 0.1) is 30.1 Å². The molecule has 2 aromatic heterocycles. The lowest BCUT2D eigenvalue weighted by Gasteiger charge is -2.21. The molecule has 2 N–H and O–H groups in total. The van der Waals surface area contributed by atoms with Gasteiger partial charge in [0.25, 0.3) is 0 Å². The maximum Gasteiger partial charge on any atom is 0.407 e. The summed E-state index contributed by atoms with van der Waals surface area (Å²) in [5.41, 5.74) is 4.50. The van der Waals surface area contributed by atoms with E-state index >= 15 is 0 Å². The Balaban J connectivity index is 1.30. The second-order valence-electron chi connectivity index (χ2n) is 9.35. The standard InChI is InChI=1S/C27H31N5O3S/c1-17(20-7-5-4-6-8-20)11-25(33)30-26-23(14-28)22-10-9-19(13-24(22)36-26)16-35-27(34)29-15-21-12-18(2)31-32(21)3/h4-8,12,17,19H,9-11,13,15-16H2,1-3H3,(H,29,34)(H,30,33). The Bertz CT molecular complexity index is 1270. The highest BCUT2D eigenvalue weighted by Crippen LogP contribution is 2.39. The average Bonchev–Trinajstić information content (AvgIpc) is 3.38. The number of carbonyl (C=O) groups is 2. The van der Waals surface area contributed by atoms with Crippen molar-refractivity contribution in [3.63, 3.8) is 0 Å². The van der Waals surface area contributed by atoms with E-state index in [1.54, 1.807) is 4.68 Å². The van der Waals surface area contributed by atoms with Crippen molar-refractivity contribution < 1.29 is 14.3 Å². The Morgan fingerprint density at radius 1 is 1.33 bits per heavy atom. The monoisotopic (exact) mass is 505 g/mol. The molecule has 1 aliphatic rings. The summed E-state index contributed by atoms with van der Waals surface area (Å²) in [7, 11) is 1.84. The van der Waals surface area contributed by atoms with Crippen molar-refractivity contribution in [1.29, 1.82) is 5.26 Å². The van der Waals surface area contributed by atoms with Crippen LogP contribution in [-0.2, 0) is 36.0 Å². The number of fused-ring (bicyclic) bond motifs is 1. The number of aryl methyl sites for hydroxylation is 2. The largest absolute Gasteiger partial charge is 0.449 e. The van der Waals surface area contributed by atoms with Crippen molar-refractivity contribution in [2.75, 3.05) is 11.9 Å². The Morgan fingerprint density at radius 3 is 2.81 bits per heavy atom. The SMILES string of the molecule is Cc1cc(CNC(=O)OCC2CCc3c(sc(NC(=O)CC(C)c4ccccc4)c3C#N)C2)n(C)n1. The smallest absolute Gasteiger partial charge is 0.407 e. The molecule has 2 unspecified atom stereocenters. The van der Waals surface area contributed by atoms with Gasteiger partial charge >= 0.3 is 6.09 Å². The first-order valence-electron chi connectivity index (χ1n) is 12.1. The second kappa shape index (κ2) is 11.4. The lowest BCUT2D eigenvalue weighted by molar-refractivity contribution is -0.116. The topological polar surface area (TPSA) is 109 Å². The third-order valence-corrected chi connectivity index (χ3v) is 7.72. The molecule has 1 aliphatic carbocycles. The van der Waals surface area contributed by atoms with Gasteiger partial charge in [-0.3, -0.25) is 9.48 Å². The average molecular weight is 506 g/mol. The summed E-state index contributed by atoms with van der Waals surface area (Å²) in [6.45, 7) is 4.60. The number of nitriles is 1. The van der Waals surface area contributed by atoms with E-state index in [1.165, 1.54) is 11.3 Å². The first kappa shape index (κ1) is 25.5. The maximum absolute atomic E-state index is 12.7. The summed E-state index contributed by atoms with van der Waals surface area (Å²) >= 11 is 1.47. The number of amides is 2. The van der Waals surface area contributed by atoms with E-state index in [-0.39, 0.29) is 17.7 Å². The highest BCUT2D eigenvalue weighted by Gasteiger charge is 2.27. The van der Waals surface area contributed by atoms with Gasteiger partial charge in [0, 0.05) is 18.3 Å². The van der Waals surface area contributed by atoms with Crippen LogP contribution in [0.15, 0.2) is 36.4 Å². The predicted molar refractivity (Wildman–Crippen MR) is 139 cm³/mol. The first-order chi connectivity index (χ1) is 17.3. The van der Waals surface area contributed by atoms with Gasteiger partial charge in [-0.25, -0.2) is 4.79 Å². The Hall–Kier alpha value is -3.64. The molecule has 2 atom stereocenters. The number of anilines is 1. The minimum atomic E-state index is -0.455. The van der Waals surface area contributed by atoms with E-state index in [2.05, 4.69) is 21.8 Å². The molecule has 0 bridgehead atoms. The highest BCUT2D eigenvalue weighted by molar-refractivity contribution is 7.16. The molecule has 2 amide bonds. The summed E-state index contributed by atoms with van der Waals surface area (Å²) in [6.07, 6.45) is 2.17. The van der Waals surface area contributed by atoms with Gasteiger partial charge < -0.3 is 15.4 Å². The van der Waals surface area contributed by atoms with Crippen LogP contribution in [0.5, 0.6) is 0 Å². The molecule has 8 nitrogen and oxygen atoms in total. The van der Waals surface area contributed by atoms with Crippen LogP contribution in [0.1, 0.15) is 58.6 Å². The second-order valence-corrected chi connectivity index (χ2v) is 10.5. The van der Waals surface area contributed by atoms with Crippen LogP contribution >= 0.6 is 11.3 Å². The molecule has 188 valence electrons. The van der Waals surface area contributed by atoms with Crippen molar-refractivity contribution >= 4 is 28.3 Å². The predicted octanol–water partition coefficient (Wildman–Crippen LogP) is 4.83. The zero-order valence-corrected chi connectivity index (χ0v) is 21.7. The van der Waals surface area contributed by atoms with Crippen LogP contribution in [0.25, 0.3) is 0 Å². The van der Waals surface area contributed by atoms with Gasteiger partial charge in [0.1, 0.15) is 11.1 Å². The van der Waals surface area contributed by atoms with E-state index < -0.39 is 6.09 Å². The molecule has 0 spiro atoms. The third kappa shape index (κ3) is 6.13. The van der Waals surface area contributed by atoms with Crippen molar-refractivity contribution in [3.05, 3.63) is 69.4 Å². The van der Waals surface area contributed by atoms with Gasteiger partial charge in [0.15, 0.2) is 0 Å².